The summed E-state index contributed by atoms with van der Waals surface area (Å²) in [6.07, 6.45) is -0.127. The van der Waals surface area contributed by atoms with Crippen LogP contribution in [0.3, 0.4) is 0 Å². The number of hydrogen-bond donors (Lipinski definition) is 1. The Morgan fingerprint density at radius 3 is 2.82 bits per heavy atom. The van der Waals surface area contributed by atoms with Crippen molar-refractivity contribution in [2.24, 2.45) is 0 Å². The molecule has 2 heterocycles. The molecule has 1 amide bonds. The maximum Gasteiger partial charge on any atom is 0.257 e. The standard InChI is InChI=1S/C18H16N2OS/c1-11-6-5-8-14-16(11)18(21)20(2)17(19-14)13-10-22-15-9-4-3-7-12(13)15/h3-10,17,19H,1-2H3. The third-order valence-corrected chi connectivity index (χ3v) is 5.27. The number of aryl methyl sites for hydroxylation is 1. The minimum Gasteiger partial charge on any atom is -0.361 e. The molecule has 4 heteroatoms. The zero-order valence-corrected chi connectivity index (χ0v) is 13.3. The maximum atomic E-state index is 12.8. The van der Waals surface area contributed by atoms with Gasteiger partial charge in [-0.25, -0.2) is 0 Å². The number of rotatable bonds is 1. The number of nitrogens with one attached hydrogen (secondary N) is 1. The minimum atomic E-state index is -0.127. The third-order valence-electron chi connectivity index (χ3n) is 4.29. The summed E-state index contributed by atoms with van der Waals surface area (Å²) in [7, 11) is 1.86. The van der Waals surface area contributed by atoms with E-state index in [2.05, 4.69) is 22.8 Å². The summed E-state index contributed by atoms with van der Waals surface area (Å²) in [6.45, 7) is 1.98. The van der Waals surface area contributed by atoms with E-state index < -0.39 is 0 Å². The van der Waals surface area contributed by atoms with Gasteiger partial charge in [0.1, 0.15) is 6.17 Å². The summed E-state index contributed by atoms with van der Waals surface area (Å²) < 4.78 is 1.25. The minimum absolute atomic E-state index is 0.0760. The van der Waals surface area contributed by atoms with Gasteiger partial charge in [0.15, 0.2) is 0 Å². The predicted molar refractivity (Wildman–Crippen MR) is 91.5 cm³/mol. The first-order chi connectivity index (χ1) is 10.7. The average molecular weight is 308 g/mol. The van der Waals surface area contributed by atoms with Gasteiger partial charge < -0.3 is 10.2 Å². The quantitative estimate of drug-likeness (QED) is 0.722. The predicted octanol–water partition coefficient (Wildman–Crippen LogP) is 4.41. The average Bonchev–Trinajstić information content (AvgIpc) is 2.94. The lowest BCUT2D eigenvalue weighted by Crippen LogP contribution is -2.40. The van der Waals surface area contributed by atoms with Crippen LogP contribution in [0.4, 0.5) is 5.69 Å². The van der Waals surface area contributed by atoms with Crippen LogP contribution in [0, 0.1) is 6.92 Å². The summed E-state index contributed by atoms with van der Waals surface area (Å²) >= 11 is 1.72. The zero-order valence-electron chi connectivity index (χ0n) is 12.5. The fourth-order valence-corrected chi connectivity index (χ4v) is 4.09. The van der Waals surface area contributed by atoms with E-state index in [4.69, 9.17) is 0 Å². The molecule has 1 aliphatic heterocycles. The Morgan fingerprint density at radius 2 is 1.95 bits per heavy atom. The Kier molecular flexibility index (Phi) is 2.94. The van der Waals surface area contributed by atoms with Gasteiger partial charge in [-0.2, -0.15) is 0 Å². The molecule has 0 saturated heterocycles. The van der Waals surface area contributed by atoms with Crippen molar-refractivity contribution < 1.29 is 4.79 Å². The van der Waals surface area contributed by atoms with E-state index in [-0.39, 0.29) is 12.1 Å². The lowest BCUT2D eigenvalue weighted by atomic mass is 10.00. The Hall–Kier alpha value is -2.33. The molecule has 22 heavy (non-hydrogen) atoms. The normalized spacial score (nSPS) is 17.5. The van der Waals surface area contributed by atoms with Crippen LogP contribution < -0.4 is 5.32 Å². The van der Waals surface area contributed by atoms with E-state index in [0.29, 0.717) is 0 Å². The fraction of sp³-hybridized carbons (Fsp3) is 0.167. The lowest BCUT2D eigenvalue weighted by molar-refractivity contribution is 0.0736. The molecule has 1 aromatic heterocycles. The Labute approximate surface area is 133 Å². The molecule has 0 bridgehead atoms. The van der Waals surface area contributed by atoms with Crippen molar-refractivity contribution >= 4 is 33.0 Å². The summed E-state index contributed by atoms with van der Waals surface area (Å²) in [6, 6.07) is 14.3. The Balaban J connectivity index is 1.86. The second-order valence-corrected chi connectivity index (χ2v) is 6.56. The number of anilines is 1. The molecule has 0 saturated carbocycles. The van der Waals surface area contributed by atoms with Crippen LogP contribution in [0.25, 0.3) is 10.1 Å². The molecule has 3 nitrogen and oxygen atoms in total. The van der Waals surface area contributed by atoms with Crippen LogP contribution in [-0.2, 0) is 0 Å². The van der Waals surface area contributed by atoms with Crippen LogP contribution in [0.1, 0.15) is 27.7 Å². The SMILES string of the molecule is Cc1cccc2c1C(=O)N(C)C(c1csc3ccccc13)N2. The van der Waals surface area contributed by atoms with Crippen molar-refractivity contribution in [2.45, 2.75) is 13.1 Å². The van der Waals surface area contributed by atoms with E-state index in [1.54, 1.807) is 16.2 Å². The van der Waals surface area contributed by atoms with Crippen molar-refractivity contribution in [3.63, 3.8) is 0 Å². The summed E-state index contributed by atoms with van der Waals surface area (Å²) in [5, 5.41) is 6.88. The molecule has 1 N–H and O–H groups in total. The number of thiophene rings is 1. The highest BCUT2D eigenvalue weighted by Gasteiger charge is 2.32. The van der Waals surface area contributed by atoms with Gasteiger partial charge in [0, 0.05) is 23.0 Å². The number of carbonyl (C=O) groups is 1. The fourth-order valence-electron chi connectivity index (χ4n) is 3.11. The third kappa shape index (κ3) is 1.84. The summed E-state index contributed by atoms with van der Waals surface area (Å²) in [4.78, 5) is 14.6. The number of benzene rings is 2. The van der Waals surface area contributed by atoms with Gasteiger partial charge in [0.2, 0.25) is 0 Å². The van der Waals surface area contributed by atoms with Gasteiger partial charge in [-0.3, -0.25) is 4.79 Å². The zero-order chi connectivity index (χ0) is 15.3. The van der Waals surface area contributed by atoms with E-state index >= 15 is 0 Å². The van der Waals surface area contributed by atoms with Gasteiger partial charge in [-0.05, 0) is 35.4 Å². The Morgan fingerprint density at radius 1 is 1.14 bits per heavy atom. The molecule has 1 unspecified atom stereocenters. The van der Waals surface area contributed by atoms with Gasteiger partial charge in [-0.15, -0.1) is 11.3 Å². The van der Waals surface area contributed by atoms with Crippen LogP contribution in [-0.4, -0.2) is 17.9 Å². The molecule has 110 valence electrons. The molecular formula is C18H16N2OS. The lowest BCUT2D eigenvalue weighted by Gasteiger charge is -2.36. The van der Waals surface area contributed by atoms with Crippen molar-refractivity contribution in [1.82, 2.24) is 4.90 Å². The molecule has 0 aliphatic carbocycles. The van der Waals surface area contributed by atoms with Crippen LogP contribution >= 0.6 is 11.3 Å². The van der Waals surface area contributed by atoms with Gasteiger partial charge >= 0.3 is 0 Å². The van der Waals surface area contributed by atoms with E-state index in [9.17, 15) is 4.79 Å². The molecule has 1 aliphatic rings. The molecule has 0 fully saturated rings. The molecule has 0 spiro atoms. The van der Waals surface area contributed by atoms with Crippen molar-refractivity contribution in [2.75, 3.05) is 12.4 Å². The summed E-state index contributed by atoms with van der Waals surface area (Å²) in [5.74, 6) is 0.0760. The van der Waals surface area contributed by atoms with E-state index in [1.165, 1.54) is 10.1 Å². The largest absolute Gasteiger partial charge is 0.361 e. The highest BCUT2D eigenvalue weighted by atomic mass is 32.1. The summed E-state index contributed by atoms with van der Waals surface area (Å²) in [5.41, 5.74) is 3.86. The second kappa shape index (κ2) is 4.85. The molecular weight excluding hydrogens is 292 g/mol. The van der Waals surface area contributed by atoms with Crippen LogP contribution in [0.5, 0.6) is 0 Å². The number of carbonyl (C=O) groups excluding carboxylic acids is 1. The van der Waals surface area contributed by atoms with Gasteiger partial charge in [0.25, 0.3) is 5.91 Å². The van der Waals surface area contributed by atoms with E-state index in [1.807, 2.05) is 44.3 Å². The Bertz CT molecular complexity index is 884. The number of fused-ring (bicyclic) bond motifs is 2. The molecule has 0 radical (unpaired) electrons. The number of nitrogens with zero attached hydrogens (tertiary/aromatic N) is 1. The van der Waals surface area contributed by atoms with Crippen molar-refractivity contribution in [3.8, 4) is 0 Å². The molecule has 1 atom stereocenters. The molecule has 4 rings (SSSR count). The van der Waals surface area contributed by atoms with Crippen molar-refractivity contribution in [1.29, 1.82) is 0 Å². The first-order valence-corrected chi connectivity index (χ1v) is 8.14. The van der Waals surface area contributed by atoms with Crippen molar-refractivity contribution in [3.05, 3.63) is 64.5 Å². The smallest absolute Gasteiger partial charge is 0.257 e. The monoisotopic (exact) mass is 308 g/mol. The van der Waals surface area contributed by atoms with Gasteiger partial charge in [0.05, 0.1) is 5.56 Å². The van der Waals surface area contributed by atoms with Crippen LogP contribution in [0.15, 0.2) is 47.8 Å². The molecule has 3 aromatic rings. The topological polar surface area (TPSA) is 32.3 Å². The highest BCUT2D eigenvalue weighted by molar-refractivity contribution is 7.17. The number of amides is 1. The first kappa shape index (κ1) is 13.3. The second-order valence-electron chi connectivity index (χ2n) is 5.65. The maximum absolute atomic E-state index is 12.8. The van der Waals surface area contributed by atoms with E-state index in [0.717, 1.165) is 22.4 Å². The van der Waals surface area contributed by atoms with Gasteiger partial charge in [-0.1, -0.05) is 30.3 Å². The highest BCUT2D eigenvalue weighted by Crippen LogP contribution is 2.38. The molecule has 2 aromatic carbocycles. The first-order valence-electron chi connectivity index (χ1n) is 7.26. The number of hydrogen-bond acceptors (Lipinski definition) is 3. The van der Waals surface area contributed by atoms with Crippen LogP contribution in [0.2, 0.25) is 0 Å².